The molecule has 2 rings (SSSR count). The number of ether oxygens (including phenoxy) is 1. The van der Waals surface area contributed by atoms with Crippen LogP contribution in [0.3, 0.4) is 0 Å². The van der Waals surface area contributed by atoms with E-state index in [1.165, 1.54) is 12.1 Å². The zero-order chi connectivity index (χ0) is 11.1. The molecular formula is C10H11BrClF2NO. The molecule has 1 aliphatic rings. The quantitative estimate of drug-likeness (QED) is 0.871. The van der Waals surface area contributed by atoms with Gasteiger partial charge in [0.05, 0.1) is 10.0 Å². The first-order valence-electron chi connectivity index (χ1n) is 4.57. The van der Waals surface area contributed by atoms with E-state index < -0.39 is 11.6 Å². The Bertz CT molecular complexity index is 399. The minimum absolute atomic E-state index is 0. The lowest BCUT2D eigenvalue weighted by Gasteiger charge is -2.12. The van der Waals surface area contributed by atoms with Crippen LogP contribution in [0.4, 0.5) is 8.78 Å². The summed E-state index contributed by atoms with van der Waals surface area (Å²) in [5.74, 6) is -2.00. The van der Waals surface area contributed by atoms with Crippen LogP contribution in [0.25, 0.3) is 0 Å². The number of rotatable bonds is 3. The standard InChI is InChI=1S/C10H10BrF2NO.ClH/c11-6-1-2-7(9(13)8(6)12)15-5-10(14)3-4-10;/h1-2H,3-5,14H2;1H. The Morgan fingerprint density at radius 3 is 2.50 bits per heavy atom. The van der Waals surface area contributed by atoms with Crippen LogP contribution in [-0.2, 0) is 0 Å². The van der Waals surface area contributed by atoms with Crippen LogP contribution in [-0.4, -0.2) is 12.1 Å². The normalized spacial score (nSPS) is 16.5. The minimum atomic E-state index is -0.978. The second kappa shape index (κ2) is 4.85. The molecule has 0 saturated heterocycles. The maximum absolute atomic E-state index is 13.3. The second-order valence-corrected chi connectivity index (χ2v) is 4.68. The summed E-state index contributed by atoms with van der Waals surface area (Å²) < 4.78 is 31.6. The Balaban J connectivity index is 0.00000128. The zero-order valence-electron chi connectivity index (χ0n) is 8.30. The van der Waals surface area contributed by atoms with Crippen LogP contribution < -0.4 is 10.5 Å². The van der Waals surface area contributed by atoms with Crippen LogP contribution in [0, 0.1) is 11.6 Å². The molecule has 0 amide bonds. The summed E-state index contributed by atoms with van der Waals surface area (Å²) in [6.45, 7) is 0.227. The van der Waals surface area contributed by atoms with Gasteiger partial charge in [0.15, 0.2) is 11.6 Å². The van der Waals surface area contributed by atoms with E-state index in [1.807, 2.05) is 0 Å². The van der Waals surface area contributed by atoms with E-state index in [1.54, 1.807) is 0 Å². The van der Waals surface area contributed by atoms with Gasteiger partial charge in [0.1, 0.15) is 6.61 Å². The van der Waals surface area contributed by atoms with Crippen molar-refractivity contribution in [2.45, 2.75) is 18.4 Å². The fourth-order valence-corrected chi connectivity index (χ4v) is 1.45. The molecule has 1 fully saturated rings. The summed E-state index contributed by atoms with van der Waals surface area (Å²) >= 11 is 2.89. The van der Waals surface area contributed by atoms with E-state index in [4.69, 9.17) is 10.5 Å². The van der Waals surface area contributed by atoms with Crippen molar-refractivity contribution in [1.29, 1.82) is 0 Å². The van der Waals surface area contributed by atoms with Crippen molar-refractivity contribution in [2.75, 3.05) is 6.61 Å². The average Bonchev–Trinajstić information content (AvgIpc) is 2.93. The fraction of sp³-hybridized carbons (Fsp3) is 0.400. The van der Waals surface area contributed by atoms with E-state index in [2.05, 4.69) is 15.9 Å². The van der Waals surface area contributed by atoms with Gasteiger partial charge in [0.25, 0.3) is 0 Å². The fourth-order valence-electron chi connectivity index (χ4n) is 1.15. The molecule has 0 aliphatic heterocycles. The third-order valence-electron chi connectivity index (χ3n) is 2.41. The molecule has 1 aromatic rings. The van der Waals surface area contributed by atoms with Gasteiger partial charge < -0.3 is 10.5 Å². The molecule has 1 aliphatic carbocycles. The van der Waals surface area contributed by atoms with E-state index >= 15 is 0 Å². The lowest BCUT2D eigenvalue weighted by atomic mass is 10.3. The molecule has 6 heteroatoms. The zero-order valence-corrected chi connectivity index (χ0v) is 10.7. The smallest absolute Gasteiger partial charge is 0.201 e. The van der Waals surface area contributed by atoms with Crippen molar-refractivity contribution >= 4 is 28.3 Å². The van der Waals surface area contributed by atoms with E-state index in [0.29, 0.717) is 0 Å². The van der Waals surface area contributed by atoms with Crippen molar-refractivity contribution in [3.05, 3.63) is 28.2 Å². The van der Waals surface area contributed by atoms with Crippen LogP contribution in [0.2, 0.25) is 0 Å². The summed E-state index contributed by atoms with van der Waals surface area (Å²) in [7, 11) is 0. The summed E-state index contributed by atoms with van der Waals surface area (Å²) in [6, 6.07) is 2.79. The monoisotopic (exact) mass is 313 g/mol. The van der Waals surface area contributed by atoms with E-state index in [-0.39, 0.29) is 34.8 Å². The summed E-state index contributed by atoms with van der Waals surface area (Å²) in [4.78, 5) is 0. The number of benzene rings is 1. The first-order valence-corrected chi connectivity index (χ1v) is 5.36. The Morgan fingerprint density at radius 2 is 1.94 bits per heavy atom. The molecule has 0 unspecified atom stereocenters. The van der Waals surface area contributed by atoms with Gasteiger partial charge >= 0.3 is 0 Å². The molecule has 1 aromatic carbocycles. The third-order valence-corrected chi connectivity index (χ3v) is 3.02. The highest BCUT2D eigenvalue weighted by atomic mass is 79.9. The van der Waals surface area contributed by atoms with E-state index in [0.717, 1.165) is 12.8 Å². The molecule has 2 N–H and O–H groups in total. The molecule has 2 nitrogen and oxygen atoms in total. The Hall–Kier alpha value is -0.390. The summed E-state index contributed by atoms with van der Waals surface area (Å²) in [6.07, 6.45) is 1.74. The Labute approximate surface area is 107 Å². The molecule has 0 spiro atoms. The molecule has 0 aromatic heterocycles. The minimum Gasteiger partial charge on any atom is -0.488 e. The number of hydrogen-bond acceptors (Lipinski definition) is 2. The van der Waals surface area contributed by atoms with Crippen molar-refractivity contribution in [3.8, 4) is 5.75 Å². The maximum Gasteiger partial charge on any atom is 0.201 e. The summed E-state index contributed by atoms with van der Waals surface area (Å²) in [5.41, 5.74) is 5.42. The van der Waals surface area contributed by atoms with E-state index in [9.17, 15) is 8.78 Å². The molecule has 0 bridgehead atoms. The van der Waals surface area contributed by atoms with Crippen molar-refractivity contribution in [1.82, 2.24) is 0 Å². The van der Waals surface area contributed by atoms with Gasteiger partial charge in [-0.25, -0.2) is 4.39 Å². The highest BCUT2D eigenvalue weighted by Gasteiger charge is 2.39. The first-order chi connectivity index (χ1) is 7.02. The van der Waals surface area contributed by atoms with Gasteiger partial charge in [-0.2, -0.15) is 4.39 Å². The largest absolute Gasteiger partial charge is 0.488 e. The van der Waals surface area contributed by atoms with Gasteiger partial charge in [-0.3, -0.25) is 0 Å². The lowest BCUT2D eigenvalue weighted by molar-refractivity contribution is 0.263. The lowest BCUT2D eigenvalue weighted by Crippen LogP contribution is -2.30. The van der Waals surface area contributed by atoms with Crippen molar-refractivity contribution in [3.63, 3.8) is 0 Å². The average molecular weight is 315 g/mol. The molecule has 1 saturated carbocycles. The summed E-state index contributed by atoms with van der Waals surface area (Å²) in [5, 5.41) is 0. The van der Waals surface area contributed by atoms with Gasteiger partial charge in [-0.05, 0) is 40.9 Å². The predicted octanol–water partition coefficient (Wildman–Crippen LogP) is 3.02. The highest BCUT2D eigenvalue weighted by Crippen LogP contribution is 2.33. The molecule has 0 heterocycles. The van der Waals surface area contributed by atoms with Gasteiger partial charge in [-0.15, -0.1) is 12.4 Å². The van der Waals surface area contributed by atoms with Crippen LogP contribution in [0.5, 0.6) is 5.75 Å². The predicted molar refractivity (Wildman–Crippen MR) is 63.0 cm³/mol. The SMILES string of the molecule is Cl.NC1(COc2ccc(Br)c(F)c2F)CC1. The Morgan fingerprint density at radius 1 is 1.31 bits per heavy atom. The number of halogens is 4. The molecule has 90 valence electrons. The van der Waals surface area contributed by atoms with Gasteiger partial charge in [0, 0.05) is 0 Å². The van der Waals surface area contributed by atoms with Crippen LogP contribution in [0.15, 0.2) is 16.6 Å². The van der Waals surface area contributed by atoms with Crippen molar-refractivity contribution in [2.24, 2.45) is 5.73 Å². The third kappa shape index (κ3) is 2.84. The van der Waals surface area contributed by atoms with Crippen LogP contribution in [0.1, 0.15) is 12.8 Å². The number of nitrogens with two attached hydrogens (primary N) is 1. The maximum atomic E-state index is 13.3. The van der Waals surface area contributed by atoms with Crippen LogP contribution >= 0.6 is 28.3 Å². The second-order valence-electron chi connectivity index (χ2n) is 3.82. The molecule has 0 atom stereocenters. The number of hydrogen-bond donors (Lipinski definition) is 1. The highest BCUT2D eigenvalue weighted by molar-refractivity contribution is 9.10. The topological polar surface area (TPSA) is 35.2 Å². The Kier molecular flexibility index (Phi) is 4.15. The van der Waals surface area contributed by atoms with Gasteiger partial charge in [0.2, 0.25) is 5.82 Å². The van der Waals surface area contributed by atoms with Crippen molar-refractivity contribution < 1.29 is 13.5 Å². The van der Waals surface area contributed by atoms with Gasteiger partial charge in [-0.1, -0.05) is 0 Å². The molecule has 16 heavy (non-hydrogen) atoms. The molecule has 0 radical (unpaired) electrons. The first kappa shape index (κ1) is 13.7. The molecular weight excluding hydrogens is 303 g/mol.